The number of hydrogen-bond acceptors (Lipinski definition) is 2. The zero-order valence-electron chi connectivity index (χ0n) is 13.2. The van der Waals surface area contributed by atoms with E-state index in [4.69, 9.17) is 5.73 Å². The second-order valence-electron chi connectivity index (χ2n) is 6.04. The van der Waals surface area contributed by atoms with Crippen molar-refractivity contribution in [2.24, 2.45) is 5.73 Å². The minimum Gasteiger partial charge on any atom is -0.343 e. The van der Waals surface area contributed by atoms with Gasteiger partial charge >= 0.3 is 0 Å². The molecule has 4 nitrogen and oxygen atoms in total. The van der Waals surface area contributed by atoms with Gasteiger partial charge in [0.15, 0.2) is 0 Å². The van der Waals surface area contributed by atoms with E-state index in [2.05, 4.69) is 0 Å². The van der Waals surface area contributed by atoms with Crippen LogP contribution < -0.4 is 5.73 Å². The first-order valence-electron chi connectivity index (χ1n) is 8.09. The highest BCUT2D eigenvalue weighted by Crippen LogP contribution is 2.21. The van der Waals surface area contributed by atoms with E-state index < -0.39 is 0 Å². The fraction of sp³-hybridized carbons (Fsp3) is 0.389. The highest BCUT2D eigenvalue weighted by molar-refractivity contribution is 5.98. The number of likely N-dealkylation sites (tertiary alicyclic amines) is 1. The molecule has 0 atom stereocenters. The Morgan fingerprint density at radius 3 is 2.70 bits per heavy atom. The summed E-state index contributed by atoms with van der Waals surface area (Å²) >= 11 is 0. The number of fused-ring (bicyclic) bond motifs is 1. The van der Waals surface area contributed by atoms with Crippen LogP contribution in [-0.4, -0.2) is 35.0 Å². The molecule has 1 aliphatic rings. The SMILES string of the molecule is NC/C(=C\F)Cn1ccc2cc(C(=O)N3CCCCC3)ccc21. The predicted molar refractivity (Wildman–Crippen MR) is 89.9 cm³/mol. The number of nitrogens with two attached hydrogens (primary N) is 1. The zero-order valence-corrected chi connectivity index (χ0v) is 13.2. The molecule has 2 aromatic rings. The Balaban J connectivity index is 1.84. The monoisotopic (exact) mass is 315 g/mol. The summed E-state index contributed by atoms with van der Waals surface area (Å²) in [5, 5.41) is 0.989. The first kappa shape index (κ1) is 15.7. The molecule has 0 spiro atoms. The van der Waals surface area contributed by atoms with Gasteiger partial charge in [0.05, 0.1) is 6.33 Å². The molecule has 0 radical (unpaired) electrons. The van der Waals surface area contributed by atoms with E-state index >= 15 is 0 Å². The molecule has 1 aromatic heterocycles. The third-order valence-electron chi connectivity index (χ3n) is 4.45. The van der Waals surface area contributed by atoms with E-state index in [-0.39, 0.29) is 12.5 Å². The highest BCUT2D eigenvalue weighted by atomic mass is 19.1. The minimum atomic E-state index is 0.102. The molecule has 1 saturated heterocycles. The van der Waals surface area contributed by atoms with Crippen molar-refractivity contribution in [2.75, 3.05) is 19.6 Å². The molecule has 0 unspecified atom stereocenters. The number of piperidine rings is 1. The molecule has 3 rings (SSSR count). The van der Waals surface area contributed by atoms with Crippen molar-refractivity contribution in [2.45, 2.75) is 25.8 Å². The summed E-state index contributed by atoms with van der Waals surface area (Å²) in [5.74, 6) is 0.102. The maximum absolute atomic E-state index is 12.7. The molecule has 1 fully saturated rings. The van der Waals surface area contributed by atoms with Crippen LogP contribution in [0.1, 0.15) is 29.6 Å². The van der Waals surface area contributed by atoms with Crippen LogP contribution in [0.4, 0.5) is 4.39 Å². The average molecular weight is 315 g/mol. The Labute approximate surface area is 135 Å². The summed E-state index contributed by atoms with van der Waals surface area (Å²) in [6.45, 7) is 2.32. The predicted octanol–water partition coefficient (Wildman–Crippen LogP) is 3.08. The molecule has 1 aliphatic heterocycles. The summed E-state index contributed by atoms with van der Waals surface area (Å²) in [6.07, 6.45) is 5.85. The van der Waals surface area contributed by atoms with E-state index in [1.807, 2.05) is 39.9 Å². The van der Waals surface area contributed by atoms with Crippen LogP contribution in [0.15, 0.2) is 42.4 Å². The molecule has 2 N–H and O–H groups in total. The van der Waals surface area contributed by atoms with E-state index in [1.165, 1.54) is 6.42 Å². The first-order chi connectivity index (χ1) is 11.2. The largest absolute Gasteiger partial charge is 0.343 e. The fourth-order valence-electron chi connectivity index (χ4n) is 3.11. The van der Waals surface area contributed by atoms with Gasteiger partial charge in [-0.1, -0.05) is 0 Å². The summed E-state index contributed by atoms with van der Waals surface area (Å²) in [6, 6.07) is 7.66. The Bertz CT molecular complexity index is 729. The second-order valence-corrected chi connectivity index (χ2v) is 6.04. The van der Waals surface area contributed by atoms with E-state index in [0.29, 0.717) is 18.4 Å². The maximum atomic E-state index is 12.7. The smallest absolute Gasteiger partial charge is 0.253 e. The van der Waals surface area contributed by atoms with Gasteiger partial charge in [-0.05, 0) is 49.1 Å². The van der Waals surface area contributed by atoms with Crippen molar-refractivity contribution < 1.29 is 9.18 Å². The van der Waals surface area contributed by atoms with Gasteiger partial charge in [-0.2, -0.15) is 0 Å². The number of aromatic nitrogens is 1. The first-order valence-corrected chi connectivity index (χ1v) is 8.09. The van der Waals surface area contributed by atoms with Gasteiger partial charge in [0.25, 0.3) is 5.91 Å². The number of benzene rings is 1. The molecule has 2 heterocycles. The summed E-state index contributed by atoms with van der Waals surface area (Å²) in [7, 11) is 0. The number of nitrogens with zero attached hydrogens (tertiary/aromatic N) is 2. The van der Waals surface area contributed by atoms with E-state index in [0.717, 1.165) is 42.4 Å². The molecular formula is C18H22FN3O. The Hall–Kier alpha value is -2.14. The quantitative estimate of drug-likeness (QED) is 0.942. The van der Waals surface area contributed by atoms with Crippen molar-refractivity contribution >= 4 is 16.8 Å². The average Bonchev–Trinajstić information content (AvgIpc) is 3.01. The summed E-state index contributed by atoms with van der Waals surface area (Å²) in [5.41, 5.74) is 7.76. The molecule has 122 valence electrons. The van der Waals surface area contributed by atoms with Crippen LogP contribution in [0, 0.1) is 0 Å². The van der Waals surface area contributed by atoms with Crippen molar-refractivity contribution in [1.82, 2.24) is 9.47 Å². The minimum absolute atomic E-state index is 0.102. The molecule has 0 aliphatic carbocycles. The lowest BCUT2D eigenvalue weighted by Gasteiger charge is -2.26. The van der Waals surface area contributed by atoms with Crippen molar-refractivity contribution in [3.63, 3.8) is 0 Å². The van der Waals surface area contributed by atoms with Gasteiger partial charge in [-0.3, -0.25) is 4.79 Å². The van der Waals surface area contributed by atoms with Gasteiger partial charge in [0, 0.05) is 48.8 Å². The number of carbonyl (C=O) groups excluding carboxylic acids is 1. The van der Waals surface area contributed by atoms with Gasteiger partial charge < -0.3 is 15.2 Å². The molecule has 5 heteroatoms. The number of halogens is 1. The van der Waals surface area contributed by atoms with Crippen LogP contribution in [0.25, 0.3) is 10.9 Å². The second kappa shape index (κ2) is 6.96. The van der Waals surface area contributed by atoms with Gasteiger partial charge in [0.2, 0.25) is 0 Å². The van der Waals surface area contributed by atoms with Gasteiger partial charge in [0.1, 0.15) is 0 Å². The van der Waals surface area contributed by atoms with Crippen LogP contribution in [0.5, 0.6) is 0 Å². The standard InChI is InChI=1S/C18H22FN3O/c19-11-14(12-20)13-22-9-6-15-10-16(4-5-17(15)22)18(23)21-7-2-1-3-8-21/h4-6,9-11H,1-3,7-8,12-13,20H2/b14-11+. The summed E-state index contributed by atoms with van der Waals surface area (Å²) in [4.78, 5) is 14.5. The maximum Gasteiger partial charge on any atom is 0.253 e. The number of hydrogen-bond donors (Lipinski definition) is 1. The van der Waals surface area contributed by atoms with Crippen molar-refractivity contribution in [3.8, 4) is 0 Å². The van der Waals surface area contributed by atoms with E-state index in [1.54, 1.807) is 0 Å². The zero-order chi connectivity index (χ0) is 16.2. The number of rotatable bonds is 4. The molecule has 1 amide bonds. The summed E-state index contributed by atoms with van der Waals surface area (Å²) < 4.78 is 14.7. The van der Waals surface area contributed by atoms with Crippen LogP contribution in [0.2, 0.25) is 0 Å². The fourth-order valence-corrected chi connectivity index (χ4v) is 3.11. The topological polar surface area (TPSA) is 51.3 Å². The highest BCUT2D eigenvalue weighted by Gasteiger charge is 2.18. The third-order valence-corrected chi connectivity index (χ3v) is 4.45. The third kappa shape index (κ3) is 3.29. The molecule has 23 heavy (non-hydrogen) atoms. The lowest BCUT2D eigenvalue weighted by atomic mass is 10.1. The van der Waals surface area contributed by atoms with E-state index in [9.17, 15) is 9.18 Å². The Morgan fingerprint density at radius 2 is 2.00 bits per heavy atom. The van der Waals surface area contributed by atoms with Crippen LogP contribution in [0.3, 0.4) is 0 Å². The number of carbonyl (C=O) groups is 1. The van der Waals surface area contributed by atoms with Gasteiger partial charge in [-0.25, -0.2) is 4.39 Å². The molecule has 0 bridgehead atoms. The van der Waals surface area contributed by atoms with Crippen LogP contribution in [-0.2, 0) is 6.54 Å². The van der Waals surface area contributed by atoms with Crippen molar-refractivity contribution in [1.29, 1.82) is 0 Å². The van der Waals surface area contributed by atoms with Crippen LogP contribution >= 0.6 is 0 Å². The molecular weight excluding hydrogens is 293 g/mol. The normalized spacial score (nSPS) is 16.1. The molecule has 0 saturated carbocycles. The lowest BCUT2D eigenvalue weighted by Crippen LogP contribution is -2.35. The Morgan fingerprint density at radius 1 is 1.22 bits per heavy atom. The Kier molecular flexibility index (Phi) is 4.76. The van der Waals surface area contributed by atoms with Crippen molar-refractivity contribution in [3.05, 3.63) is 47.9 Å². The van der Waals surface area contributed by atoms with Gasteiger partial charge in [-0.15, -0.1) is 0 Å². The lowest BCUT2D eigenvalue weighted by molar-refractivity contribution is 0.0724. The molecule has 1 aromatic carbocycles. The number of amides is 1.